The van der Waals surface area contributed by atoms with Gasteiger partial charge < -0.3 is 139 Å². The van der Waals surface area contributed by atoms with Gasteiger partial charge in [0.15, 0.2) is 0 Å². The van der Waals surface area contributed by atoms with E-state index in [-0.39, 0.29) is 62.5 Å². The van der Waals surface area contributed by atoms with E-state index >= 15 is 0 Å². The second kappa shape index (κ2) is 58.2. The van der Waals surface area contributed by atoms with Crippen molar-refractivity contribution in [2.24, 2.45) is 0 Å². The Labute approximate surface area is 729 Å². The molecule has 6 amide bonds. The van der Waals surface area contributed by atoms with Gasteiger partial charge in [0.05, 0.1) is 182 Å². The molecule has 0 saturated carbocycles. The van der Waals surface area contributed by atoms with Gasteiger partial charge in [-0.25, -0.2) is 9.59 Å². The van der Waals surface area contributed by atoms with Crippen LogP contribution in [-0.2, 0) is 85.5 Å². The molecule has 686 valence electrons. The molecule has 0 unspecified atom stereocenters. The molecule has 2 aliphatic rings. The fraction of sp³-hybridized carbons (Fsp3) is 0.558. The van der Waals surface area contributed by atoms with Gasteiger partial charge in [0, 0.05) is 86.6 Å². The highest BCUT2D eigenvalue weighted by Gasteiger charge is 2.57. The Morgan fingerprint density at radius 1 is 0.363 bits per heavy atom. The number of aliphatic hydroxyl groups excluding tert-OH is 6. The van der Waals surface area contributed by atoms with Gasteiger partial charge in [-0.05, 0) is 95.1 Å². The summed E-state index contributed by atoms with van der Waals surface area (Å²) in [4.78, 5) is 101. The fourth-order valence-electron chi connectivity index (χ4n) is 12.7. The minimum absolute atomic E-state index is 0.102. The van der Waals surface area contributed by atoms with E-state index in [1.165, 1.54) is 13.8 Å². The van der Waals surface area contributed by atoms with E-state index in [1.54, 1.807) is 96.3 Å². The van der Waals surface area contributed by atoms with Crippen molar-refractivity contribution >= 4 is 70.9 Å². The monoisotopic (exact) mass is 1780 g/mol. The number of carbonyl (C=O) groups is 8. The first-order valence-corrected chi connectivity index (χ1v) is 43.5. The van der Waals surface area contributed by atoms with E-state index in [2.05, 4.69) is 31.9 Å². The highest BCUT2D eigenvalue weighted by atomic mass is 32.2. The van der Waals surface area contributed by atoms with Crippen LogP contribution in [-0.4, -0.2) is 355 Å². The highest BCUT2D eigenvalue weighted by Crippen LogP contribution is 2.36. The summed E-state index contributed by atoms with van der Waals surface area (Å²) in [6.07, 6.45) is -14.0. The van der Waals surface area contributed by atoms with Crippen LogP contribution in [0, 0.1) is 0 Å². The number of aliphatic hydroxyl groups is 6. The van der Waals surface area contributed by atoms with Gasteiger partial charge in [-0.2, -0.15) is 23.5 Å². The average Bonchev–Trinajstić information content (AvgIpc) is 0.771. The minimum atomic E-state index is -2.42. The molecule has 38 heteroatoms. The van der Waals surface area contributed by atoms with Gasteiger partial charge in [-0.3, -0.25) is 28.8 Å². The molecule has 2 fully saturated rings. The topological polar surface area (TPSA) is 500 Å². The minimum Gasteiger partial charge on any atom is -0.477 e. The molecule has 14 N–H and O–H groups in total. The first-order chi connectivity index (χ1) is 60.0. The third-order valence-corrected chi connectivity index (χ3v) is 21.2. The van der Waals surface area contributed by atoms with Gasteiger partial charge in [-0.1, -0.05) is 84.9 Å². The van der Waals surface area contributed by atoms with Crippen molar-refractivity contribution in [1.82, 2.24) is 31.9 Å². The van der Waals surface area contributed by atoms with Crippen LogP contribution in [0.3, 0.4) is 0 Å². The van der Waals surface area contributed by atoms with E-state index in [1.807, 2.05) is 60.7 Å². The van der Waals surface area contributed by atoms with Crippen molar-refractivity contribution in [3.63, 3.8) is 0 Å². The first kappa shape index (κ1) is 103. The average molecular weight is 1780 g/mol. The predicted octanol–water partition coefficient (Wildman–Crippen LogP) is 2.10. The van der Waals surface area contributed by atoms with Crippen LogP contribution < -0.4 is 31.9 Å². The molecular formula is C86H120N6O30S2. The fourth-order valence-corrected chi connectivity index (χ4v) is 14.2. The van der Waals surface area contributed by atoms with E-state index < -0.39 is 134 Å². The molecule has 5 aromatic carbocycles. The molecule has 0 aromatic heterocycles. The molecule has 124 heavy (non-hydrogen) atoms. The molecule has 0 bridgehead atoms. The number of hydrogen-bond acceptors (Lipinski definition) is 30. The maximum atomic E-state index is 13.0. The summed E-state index contributed by atoms with van der Waals surface area (Å²) in [5.74, 6) is -8.56. The highest BCUT2D eigenvalue weighted by molar-refractivity contribution is 7.99. The summed E-state index contributed by atoms with van der Waals surface area (Å²) in [7, 11) is 0. The van der Waals surface area contributed by atoms with Gasteiger partial charge in [-0.15, -0.1) is 0 Å². The molecule has 12 atom stereocenters. The maximum Gasteiger partial charge on any atom is 0.364 e. The van der Waals surface area contributed by atoms with Gasteiger partial charge in [0.25, 0.3) is 35.2 Å². The number of amides is 6. The number of benzene rings is 5. The molecule has 0 radical (unpaired) electrons. The molecule has 0 aliphatic carbocycles. The molecule has 2 heterocycles. The number of rotatable bonds is 64. The smallest absolute Gasteiger partial charge is 0.364 e. The molecule has 7 rings (SSSR count). The Morgan fingerprint density at radius 2 is 0.629 bits per heavy atom. The molecule has 0 spiro atoms. The van der Waals surface area contributed by atoms with Crippen molar-refractivity contribution < 1.29 is 146 Å². The number of carboxylic acids is 2. The lowest BCUT2D eigenvalue weighted by molar-refractivity contribution is -0.310. The zero-order valence-electron chi connectivity index (χ0n) is 69.9. The van der Waals surface area contributed by atoms with Gasteiger partial charge in [0.2, 0.25) is 11.8 Å². The zero-order valence-corrected chi connectivity index (χ0v) is 71.5. The standard InChI is InChI=1S/C86H120N6O30S2/c1-59(93)91-73-69(95)55-85(83(105)106,121-77(73)75(99)71(97)57-89-81(103)67-19-15-63(16-20-67)61-11-5-3-6-12-61)119-29-9-51-123-53-49-117-47-45-115-43-41-113-39-37-111-35-33-109-31-27-87-79(101)65-23-25-66(26-24-65)80(102)88-28-32-110-34-36-112-38-40-114-42-44-116-46-48-118-50-54-124-52-10-30-120-86(84(107)108)56-70(96)74(92-60(2)94)78(122-86)76(100)72(98)58-90-82(104)68-21-17-64(18-22-68)62-13-7-4-8-14-62/h3-8,11-26,69-78,95-100H,9-10,27-58H2,1-2H3,(H,87,101)(H,88,102)(H,89,103)(H,90,104)(H,91,93)(H,92,94)(H,105,106)(H,107,108)/t69-,70-,71+,72+,73+,74+,75+,76+,77+,78+,85+,86+/m0/s1. The van der Waals surface area contributed by atoms with Crippen LogP contribution in [0.15, 0.2) is 133 Å². The van der Waals surface area contributed by atoms with Crippen LogP contribution >= 0.6 is 23.5 Å². The van der Waals surface area contributed by atoms with Crippen LogP contribution in [0.2, 0.25) is 0 Å². The Bertz CT molecular complexity index is 3670. The van der Waals surface area contributed by atoms with Crippen LogP contribution in [0.5, 0.6) is 0 Å². The number of hydrogen-bond donors (Lipinski definition) is 14. The zero-order chi connectivity index (χ0) is 89.2. The number of ether oxygens (including phenoxy) is 14. The maximum absolute atomic E-state index is 13.0. The normalized spacial score (nSPS) is 19.8. The lowest BCUT2D eigenvalue weighted by Gasteiger charge is -2.46. The van der Waals surface area contributed by atoms with Crippen molar-refractivity contribution in [1.29, 1.82) is 0 Å². The van der Waals surface area contributed by atoms with Crippen molar-refractivity contribution in [2.45, 2.75) is 112 Å². The van der Waals surface area contributed by atoms with Crippen LogP contribution in [0.4, 0.5) is 0 Å². The summed E-state index contributed by atoms with van der Waals surface area (Å²) in [6, 6.07) is 36.2. The number of thioether (sulfide) groups is 2. The molecule has 2 saturated heterocycles. The quantitative estimate of drug-likeness (QED) is 0.0248. The van der Waals surface area contributed by atoms with Gasteiger partial charge >= 0.3 is 11.9 Å². The Hall–Kier alpha value is -8.24. The lowest BCUT2D eigenvalue weighted by Crippen LogP contribution is -2.68. The van der Waals surface area contributed by atoms with Crippen molar-refractivity contribution in [2.75, 3.05) is 195 Å². The van der Waals surface area contributed by atoms with Crippen molar-refractivity contribution in [3.8, 4) is 22.3 Å². The van der Waals surface area contributed by atoms with E-state index in [0.29, 0.717) is 166 Å². The predicted molar refractivity (Wildman–Crippen MR) is 454 cm³/mol. The second-order valence-corrected chi connectivity index (χ2v) is 31.0. The second-order valence-electron chi connectivity index (χ2n) is 28.5. The summed E-state index contributed by atoms with van der Waals surface area (Å²) >= 11 is 3.08. The first-order valence-electron chi connectivity index (χ1n) is 41.2. The number of carboxylic acid groups (broad SMARTS) is 2. The number of carbonyl (C=O) groups excluding carboxylic acids is 6. The van der Waals surface area contributed by atoms with E-state index in [0.717, 1.165) is 22.3 Å². The van der Waals surface area contributed by atoms with Crippen molar-refractivity contribution in [3.05, 3.63) is 156 Å². The SMILES string of the molecule is CC(=O)N[C@H]1[C@H]([C@H](O)[C@H](O)CNC(=O)c2ccc(-c3ccccc3)cc2)O[C@@](OCCCSCCOCCOCCOCCOCCOCCNC(=O)c2ccc(C(=O)NCCOCCOCCOCCOCCOCCSCCCO[C@]3(C(=O)O)C[C@H](O)[C@@H](NC(C)=O)[C@H]([C@H](O)[C@H](O)CNC(=O)c4ccc(-c5ccccc5)cc4)O3)cc2)(C(=O)O)C[C@@H]1O. The van der Waals surface area contributed by atoms with Crippen LogP contribution in [0.1, 0.15) is 81.0 Å². The Kier molecular flexibility index (Phi) is 48.3. The van der Waals surface area contributed by atoms with E-state index in [4.69, 9.17) is 66.3 Å². The summed E-state index contributed by atoms with van der Waals surface area (Å²) in [5, 5.41) is 103. The number of aliphatic carboxylic acids is 2. The van der Waals surface area contributed by atoms with E-state index in [9.17, 15) is 79.2 Å². The number of nitrogens with one attached hydrogen (secondary N) is 6. The van der Waals surface area contributed by atoms with Gasteiger partial charge in [0.1, 0.15) is 24.4 Å². The summed E-state index contributed by atoms with van der Waals surface area (Å²) < 4.78 is 78.9. The lowest BCUT2D eigenvalue weighted by atomic mass is 9.88. The summed E-state index contributed by atoms with van der Waals surface area (Å²) in [5.41, 5.74) is 5.04. The van der Waals surface area contributed by atoms with Crippen LogP contribution in [0.25, 0.3) is 22.3 Å². The largest absolute Gasteiger partial charge is 0.477 e. The summed E-state index contributed by atoms with van der Waals surface area (Å²) in [6.45, 7) is 8.66. The molecular weight excluding hydrogens is 1660 g/mol. The third kappa shape index (κ3) is 37.0. The molecule has 36 nitrogen and oxygen atoms in total. The Morgan fingerprint density at radius 3 is 0.919 bits per heavy atom. The Balaban J connectivity index is 0.589. The molecule has 5 aromatic rings. The molecule has 2 aliphatic heterocycles. The third-order valence-electron chi connectivity index (χ3n) is 19.2.